The quantitative estimate of drug-likeness (QED) is 0.337. The third kappa shape index (κ3) is 5.70. The molecule has 0 aliphatic carbocycles. The molecule has 0 bridgehead atoms. The lowest BCUT2D eigenvalue weighted by molar-refractivity contribution is 0.370. The highest BCUT2D eigenvalue weighted by molar-refractivity contribution is 7.99. The maximum Gasteiger partial charge on any atom is 0.454 e. The SMILES string of the molecule is CC(C)(C)c1cc2c(c(C(C)(C)C)c1)O[Si](C)(C)Oc1c(cc(C(C)(C)C)cc1C(C)(C)C)S2. The smallest absolute Gasteiger partial charge is 0.454 e. The van der Waals surface area contributed by atoms with Crippen molar-refractivity contribution in [2.75, 3.05) is 0 Å². The van der Waals surface area contributed by atoms with Gasteiger partial charge in [0.15, 0.2) is 0 Å². The Bertz CT molecular complexity index is 1000. The van der Waals surface area contributed by atoms with E-state index in [1.807, 2.05) is 11.8 Å². The van der Waals surface area contributed by atoms with Crippen LogP contribution in [0.1, 0.15) is 105 Å². The van der Waals surface area contributed by atoms with Crippen molar-refractivity contribution in [1.82, 2.24) is 0 Å². The summed E-state index contributed by atoms with van der Waals surface area (Å²) in [5.41, 5.74) is 5.24. The molecule has 0 amide bonds. The van der Waals surface area contributed by atoms with E-state index >= 15 is 0 Å². The van der Waals surface area contributed by atoms with Gasteiger partial charge in [-0.2, -0.15) is 0 Å². The van der Waals surface area contributed by atoms with Crippen LogP contribution in [0.15, 0.2) is 34.1 Å². The van der Waals surface area contributed by atoms with Crippen LogP contribution in [0.4, 0.5) is 0 Å². The van der Waals surface area contributed by atoms with Crippen LogP contribution in [0, 0.1) is 0 Å². The van der Waals surface area contributed by atoms with Crippen molar-refractivity contribution in [2.24, 2.45) is 0 Å². The number of fused-ring (bicyclic) bond motifs is 2. The summed E-state index contributed by atoms with van der Waals surface area (Å²) in [7, 11) is -2.54. The first-order valence-electron chi connectivity index (χ1n) is 12.5. The predicted molar refractivity (Wildman–Crippen MR) is 151 cm³/mol. The molecule has 2 aromatic carbocycles. The molecule has 0 N–H and O–H groups in total. The van der Waals surface area contributed by atoms with E-state index < -0.39 is 8.56 Å². The summed E-state index contributed by atoms with van der Waals surface area (Å²) >= 11 is 1.81. The molecule has 1 heterocycles. The van der Waals surface area contributed by atoms with Gasteiger partial charge in [-0.05, 0) is 56.0 Å². The Hall–Kier alpha value is -1.39. The Morgan fingerprint density at radius 2 is 0.853 bits per heavy atom. The third-order valence-electron chi connectivity index (χ3n) is 6.37. The summed E-state index contributed by atoms with van der Waals surface area (Å²) in [4.78, 5) is 2.40. The fraction of sp³-hybridized carbons (Fsp3) is 0.600. The molecule has 1 aliphatic rings. The number of hydrogen-bond acceptors (Lipinski definition) is 3. The summed E-state index contributed by atoms with van der Waals surface area (Å²) in [6, 6.07) is 9.43. The molecule has 0 spiro atoms. The maximum atomic E-state index is 6.87. The Morgan fingerprint density at radius 1 is 0.529 bits per heavy atom. The minimum Gasteiger partial charge on any atom is -0.511 e. The van der Waals surface area contributed by atoms with Crippen LogP contribution in [0.25, 0.3) is 0 Å². The maximum absolute atomic E-state index is 6.87. The van der Waals surface area contributed by atoms with Crippen molar-refractivity contribution >= 4 is 20.3 Å². The normalized spacial score (nSPS) is 16.5. The highest BCUT2D eigenvalue weighted by Crippen LogP contribution is 2.52. The second kappa shape index (κ2) is 8.33. The molecule has 0 saturated carbocycles. The van der Waals surface area contributed by atoms with Crippen molar-refractivity contribution in [3.63, 3.8) is 0 Å². The average Bonchev–Trinajstić information content (AvgIpc) is 2.58. The number of benzene rings is 2. The van der Waals surface area contributed by atoms with Gasteiger partial charge in [0.2, 0.25) is 0 Å². The van der Waals surface area contributed by atoms with Crippen LogP contribution in [0.3, 0.4) is 0 Å². The zero-order valence-corrected chi connectivity index (χ0v) is 25.9. The first kappa shape index (κ1) is 27.2. The molecule has 2 nitrogen and oxygen atoms in total. The number of rotatable bonds is 0. The van der Waals surface area contributed by atoms with Crippen molar-refractivity contribution < 1.29 is 8.85 Å². The Morgan fingerprint density at radius 3 is 1.12 bits per heavy atom. The van der Waals surface area contributed by atoms with Crippen molar-refractivity contribution in [3.8, 4) is 11.5 Å². The van der Waals surface area contributed by atoms with Gasteiger partial charge in [-0.15, -0.1) is 0 Å². The highest BCUT2D eigenvalue weighted by Gasteiger charge is 2.39. The van der Waals surface area contributed by atoms with E-state index in [0.717, 1.165) is 11.5 Å². The van der Waals surface area contributed by atoms with E-state index in [1.54, 1.807) is 0 Å². The fourth-order valence-corrected chi connectivity index (χ4v) is 6.89. The second-order valence-electron chi connectivity index (χ2n) is 14.4. The molecule has 0 saturated heterocycles. The molecular weight excluding hydrogens is 452 g/mol. The second-order valence-corrected chi connectivity index (χ2v) is 18.7. The number of hydrogen-bond donors (Lipinski definition) is 0. The largest absolute Gasteiger partial charge is 0.511 e. The van der Waals surface area contributed by atoms with Gasteiger partial charge in [-0.1, -0.05) is 107 Å². The van der Waals surface area contributed by atoms with Crippen LogP contribution in [-0.4, -0.2) is 8.56 Å². The Kier molecular flexibility index (Phi) is 6.67. The van der Waals surface area contributed by atoms with Gasteiger partial charge < -0.3 is 8.85 Å². The molecule has 0 fully saturated rings. The van der Waals surface area contributed by atoms with E-state index in [0.29, 0.717) is 0 Å². The van der Waals surface area contributed by atoms with Crippen molar-refractivity contribution in [2.45, 2.75) is 128 Å². The van der Waals surface area contributed by atoms with Crippen molar-refractivity contribution in [1.29, 1.82) is 0 Å². The van der Waals surface area contributed by atoms with Crippen molar-refractivity contribution in [3.05, 3.63) is 46.5 Å². The molecule has 2 aromatic rings. The molecule has 0 radical (unpaired) electrons. The van der Waals surface area contributed by atoms with Crippen LogP contribution < -0.4 is 8.85 Å². The van der Waals surface area contributed by atoms with Crippen LogP contribution in [0.2, 0.25) is 13.1 Å². The Labute approximate surface area is 214 Å². The minimum atomic E-state index is -2.54. The van der Waals surface area contributed by atoms with Gasteiger partial charge in [0.1, 0.15) is 11.5 Å². The average molecular weight is 499 g/mol. The molecular formula is C30H46O2SSi. The predicted octanol–water partition coefficient (Wildman–Crippen LogP) is 9.50. The summed E-state index contributed by atoms with van der Waals surface area (Å²) in [6.45, 7) is 31.8. The molecule has 0 atom stereocenters. The van der Waals surface area contributed by atoms with E-state index in [-0.39, 0.29) is 21.7 Å². The molecule has 188 valence electrons. The van der Waals surface area contributed by atoms with E-state index in [9.17, 15) is 0 Å². The topological polar surface area (TPSA) is 18.5 Å². The van der Waals surface area contributed by atoms with Crippen LogP contribution in [0.5, 0.6) is 11.5 Å². The van der Waals surface area contributed by atoms with Gasteiger partial charge >= 0.3 is 8.56 Å². The monoisotopic (exact) mass is 498 g/mol. The molecule has 0 aromatic heterocycles. The molecule has 4 heteroatoms. The lowest BCUT2D eigenvalue weighted by Gasteiger charge is -2.37. The Balaban J connectivity index is 2.42. The van der Waals surface area contributed by atoms with E-state index in [2.05, 4.69) is 120 Å². The van der Waals surface area contributed by atoms with Gasteiger partial charge in [-0.25, -0.2) is 0 Å². The lowest BCUT2D eigenvalue weighted by atomic mass is 9.80. The molecule has 1 aliphatic heterocycles. The minimum absolute atomic E-state index is 0.0394. The summed E-state index contributed by atoms with van der Waals surface area (Å²) < 4.78 is 13.7. The van der Waals surface area contributed by atoms with Crippen LogP contribution >= 0.6 is 11.8 Å². The fourth-order valence-electron chi connectivity index (χ4n) is 4.18. The standard InChI is InChI=1S/C30H46O2SSi/c1-27(2,3)19-15-21(29(7,8)9)25-23(17-19)33-24-18-20(28(4,5)6)16-22(30(10,11)12)26(24)32-34(13,14)31-25/h15-18H,1-14H3. The summed E-state index contributed by atoms with van der Waals surface area (Å²) in [6.07, 6.45) is 0. The van der Waals surface area contributed by atoms with Gasteiger partial charge in [0, 0.05) is 13.1 Å². The van der Waals surface area contributed by atoms with Gasteiger partial charge in [-0.3, -0.25) is 0 Å². The summed E-state index contributed by atoms with van der Waals surface area (Å²) in [5, 5.41) is 0. The highest BCUT2D eigenvalue weighted by atomic mass is 32.2. The van der Waals surface area contributed by atoms with Gasteiger partial charge in [0.25, 0.3) is 0 Å². The molecule has 34 heavy (non-hydrogen) atoms. The first-order valence-corrected chi connectivity index (χ1v) is 16.2. The molecule has 0 unspecified atom stereocenters. The van der Waals surface area contributed by atoms with Gasteiger partial charge in [0.05, 0.1) is 9.79 Å². The van der Waals surface area contributed by atoms with E-state index in [4.69, 9.17) is 8.85 Å². The first-order chi connectivity index (χ1) is 15.1. The zero-order valence-electron chi connectivity index (χ0n) is 24.0. The molecule has 3 rings (SSSR count). The summed E-state index contributed by atoms with van der Waals surface area (Å²) in [5.74, 6) is 2.01. The van der Waals surface area contributed by atoms with Crippen LogP contribution in [-0.2, 0) is 21.7 Å². The lowest BCUT2D eigenvalue weighted by Crippen LogP contribution is -2.44. The zero-order chi connectivity index (χ0) is 26.1. The third-order valence-corrected chi connectivity index (χ3v) is 8.81. The van der Waals surface area contributed by atoms with E-state index in [1.165, 1.54) is 32.0 Å².